The number of aromatic nitrogens is 1. The Labute approximate surface area is 116 Å². The highest BCUT2D eigenvalue weighted by atomic mass is 16.5. The average Bonchev–Trinajstić information content (AvgIpc) is 2.95. The molecule has 0 fully saturated rings. The molecular weight excluding hydrogens is 256 g/mol. The highest BCUT2D eigenvalue weighted by Gasteiger charge is 2.15. The number of nitrogens with one attached hydrogen (secondary N) is 1. The molecule has 0 spiro atoms. The van der Waals surface area contributed by atoms with Gasteiger partial charge in [-0.2, -0.15) is 0 Å². The first kappa shape index (κ1) is 12.6. The molecule has 0 atom stereocenters. The highest BCUT2D eigenvalue weighted by molar-refractivity contribution is 6.05. The van der Waals surface area contributed by atoms with Gasteiger partial charge >= 0.3 is 0 Å². The second-order valence-corrected chi connectivity index (χ2v) is 4.49. The van der Waals surface area contributed by atoms with E-state index in [1.54, 1.807) is 24.4 Å². The third-order valence-electron chi connectivity index (χ3n) is 3.20. The van der Waals surface area contributed by atoms with Crippen LogP contribution in [0.25, 0.3) is 0 Å². The van der Waals surface area contributed by atoms with E-state index >= 15 is 0 Å². The Morgan fingerprint density at radius 3 is 3.00 bits per heavy atom. The van der Waals surface area contributed by atoms with Crippen LogP contribution in [0.4, 0.5) is 5.69 Å². The topological polar surface area (TPSA) is 60.5 Å². The van der Waals surface area contributed by atoms with Crippen LogP contribution in [0.2, 0.25) is 0 Å². The first-order valence-electron chi connectivity index (χ1n) is 6.28. The fourth-order valence-electron chi connectivity index (χ4n) is 2.16. The fraction of sp³-hybridized carbons (Fsp3) is 0.200. The monoisotopic (exact) mass is 270 g/mol. The van der Waals surface area contributed by atoms with E-state index in [1.165, 1.54) is 7.11 Å². The average molecular weight is 270 g/mol. The van der Waals surface area contributed by atoms with Gasteiger partial charge in [0.25, 0.3) is 5.91 Å². The molecule has 0 radical (unpaired) electrons. The lowest BCUT2D eigenvalue weighted by Crippen LogP contribution is -2.13. The van der Waals surface area contributed by atoms with Gasteiger partial charge in [0.1, 0.15) is 5.69 Å². The zero-order valence-corrected chi connectivity index (χ0v) is 11.1. The number of benzene rings is 1. The van der Waals surface area contributed by atoms with Crippen molar-refractivity contribution in [1.82, 2.24) is 4.98 Å². The summed E-state index contributed by atoms with van der Waals surface area (Å²) in [6.07, 6.45) is 1.61. The normalized spacial score (nSPS) is 12.8. The van der Waals surface area contributed by atoms with Crippen LogP contribution in [0.3, 0.4) is 0 Å². The lowest BCUT2D eigenvalue weighted by Gasteiger charge is -2.09. The van der Waals surface area contributed by atoms with Crippen molar-refractivity contribution in [2.24, 2.45) is 0 Å². The van der Waals surface area contributed by atoms with Gasteiger partial charge in [-0.05, 0) is 35.4 Å². The lowest BCUT2D eigenvalue weighted by molar-refractivity contribution is 0.102. The van der Waals surface area contributed by atoms with Gasteiger partial charge < -0.3 is 14.8 Å². The number of nitrogens with zero attached hydrogens (tertiary/aromatic N) is 1. The summed E-state index contributed by atoms with van der Waals surface area (Å²) in [6, 6.07) is 9.08. The van der Waals surface area contributed by atoms with Crippen molar-refractivity contribution in [2.75, 3.05) is 12.4 Å². The number of hydrogen-bond donors (Lipinski definition) is 1. The molecule has 2 aromatic rings. The minimum absolute atomic E-state index is 0.189. The first-order valence-corrected chi connectivity index (χ1v) is 6.28. The van der Waals surface area contributed by atoms with Gasteiger partial charge in [0, 0.05) is 11.8 Å². The van der Waals surface area contributed by atoms with Crippen molar-refractivity contribution in [3.05, 3.63) is 53.2 Å². The molecule has 1 aromatic carbocycles. The van der Waals surface area contributed by atoms with E-state index < -0.39 is 0 Å². The third kappa shape index (κ3) is 2.35. The van der Waals surface area contributed by atoms with Crippen LogP contribution in [-0.2, 0) is 18.0 Å². The fourth-order valence-corrected chi connectivity index (χ4v) is 2.16. The first-order chi connectivity index (χ1) is 9.78. The number of pyridine rings is 1. The number of carbonyl (C=O) groups excluding carboxylic acids is 1. The summed E-state index contributed by atoms with van der Waals surface area (Å²) < 4.78 is 10.5. The van der Waals surface area contributed by atoms with E-state index in [-0.39, 0.29) is 5.91 Å². The zero-order valence-electron chi connectivity index (χ0n) is 11.1. The summed E-state index contributed by atoms with van der Waals surface area (Å²) in [4.78, 5) is 16.3. The molecule has 5 heteroatoms. The highest BCUT2D eigenvalue weighted by Crippen LogP contribution is 2.23. The number of amides is 1. The molecule has 1 amide bonds. The number of rotatable bonds is 3. The zero-order chi connectivity index (χ0) is 13.9. The van der Waals surface area contributed by atoms with E-state index in [2.05, 4.69) is 10.3 Å². The van der Waals surface area contributed by atoms with Crippen LogP contribution in [0.5, 0.6) is 5.88 Å². The summed E-state index contributed by atoms with van der Waals surface area (Å²) in [5, 5.41) is 2.80. The molecular formula is C15H14N2O3. The second-order valence-electron chi connectivity index (χ2n) is 4.49. The number of anilines is 1. The summed E-state index contributed by atoms with van der Waals surface area (Å²) in [5.74, 6) is 0.205. The van der Waals surface area contributed by atoms with Crippen molar-refractivity contribution < 1.29 is 14.3 Å². The predicted octanol–water partition coefficient (Wildman–Crippen LogP) is 2.37. The Balaban J connectivity index is 1.83. The number of methoxy groups -OCH3 is 1. The maximum atomic E-state index is 12.2. The number of carbonyl (C=O) groups is 1. The summed E-state index contributed by atoms with van der Waals surface area (Å²) in [5.41, 5.74) is 3.35. The standard InChI is InChI=1S/C15H14N2O3/c1-19-15-13(3-2-6-16-15)17-14(18)10-4-5-11-8-20-9-12(11)7-10/h2-7H,8-9H2,1H3,(H,17,18). The molecule has 0 saturated carbocycles. The molecule has 3 rings (SSSR count). The number of ether oxygens (including phenoxy) is 2. The Hall–Kier alpha value is -2.40. The van der Waals surface area contributed by atoms with Crippen LogP contribution in [0.1, 0.15) is 21.5 Å². The summed E-state index contributed by atoms with van der Waals surface area (Å²) >= 11 is 0. The third-order valence-corrected chi connectivity index (χ3v) is 3.20. The Morgan fingerprint density at radius 1 is 1.30 bits per heavy atom. The summed E-state index contributed by atoms with van der Waals surface area (Å²) in [6.45, 7) is 1.18. The van der Waals surface area contributed by atoms with Crippen molar-refractivity contribution in [3.8, 4) is 5.88 Å². The molecule has 1 aromatic heterocycles. The molecule has 2 heterocycles. The van der Waals surface area contributed by atoms with Crippen molar-refractivity contribution in [1.29, 1.82) is 0 Å². The van der Waals surface area contributed by atoms with Gasteiger partial charge in [-0.25, -0.2) is 4.98 Å². The largest absolute Gasteiger partial charge is 0.480 e. The molecule has 0 aliphatic carbocycles. The lowest BCUT2D eigenvalue weighted by atomic mass is 10.1. The van der Waals surface area contributed by atoms with E-state index in [4.69, 9.17) is 9.47 Å². The summed E-state index contributed by atoms with van der Waals surface area (Å²) in [7, 11) is 1.52. The van der Waals surface area contributed by atoms with Gasteiger partial charge in [0.15, 0.2) is 0 Å². The van der Waals surface area contributed by atoms with Crippen molar-refractivity contribution in [2.45, 2.75) is 13.2 Å². The van der Waals surface area contributed by atoms with E-state index in [1.807, 2.05) is 12.1 Å². The van der Waals surface area contributed by atoms with E-state index in [0.29, 0.717) is 30.3 Å². The Kier molecular flexibility index (Phi) is 3.35. The van der Waals surface area contributed by atoms with Gasteiger partial charge in [-0.15, -0.1) is 0 Å². The van der Waals surface area contributed by atoms with E-state index in [9.17, 15) is 4.79 Å². The van der Waals surface area contributed by atoms with Crippen LogP contribution in [0, 0.1) is 0 Å². The molecule has 0 unspecified atom stereocenters. The van der Waals surface area contributed by atoms with Gasteiger partial charge in [0.05, 0.1) is 20.3 Å². The molecule has 0 bridgehead atoms. The van der Waals surface area contributed by atoms with Gasteiger partial charge in [-0.3, -0.25) is 4.79 Å². The minimum Gasteiger partial charge on any atom is -0.480 e. The SMILES string of the molecule is COc1ncccc1NC(=O)c1ccc2c(c1)COC2. The Morgan fingerprint density at radius 2 is 2.15 bits per heavy atom. The molecule has 1 aliphatic heterocycles. The quantitative estimate of drug-likeness (QED) is 0.930. The van der Waals surface area contributed by atoms with Crippen LogP contribution in [-0.4, -0.2) is 18.0 Å². The van der Waals surface area contributed by atoms with Gasteiger partial charge in [0.2, 0.25) is 5.88 Å². The van der Waals surface area contributed by atoms with Crippen LogP contribution in [0.15, 0.2) is 36.5 Å². The molecule has 5 nitrogen and oxygen atoms in total. The molecule has 0 saturated heterocycles. The molecule has 20 heavy (non-hydrogen) atoms. The number of hydrogen-bond acceptors (Lipinski definition) is 4. The van der Waals surface area contributed by atoms with Crippen molar-refractivity contribution in [3.63, 3.8) is 0 Å². The maximum absolute atomic E-state index is 12.2. The van der Waals surface area contributed by atoms with Crippen molar-refractivity contribution >= 4 is 11.6 Å². The van der Waals surface area contributed by atoms with Crippen LogP contribution < -0.4 is 10.1 Å². The van der Waals surface area contributed by atoms with E-state index in [0.717, 1.165) is 11.1 Å². The predicted molar refractivity (Wildman–Crippen MR) is 73.7 cm³/mol. The smallest absolute Gasteiger partial charge is 0.255 e. The van der Waals surface area contributed by atoms with Gasteiger partial charge in [-0.1, -0.05) is 6.07 Å². The second kappa shape index (κ2) is 5.30. The maximum Gasteiger partial charge on any atom is 0.255 e. The molecule has 102 valence electrons. The minimum atomic E-state index is -0.189. The Bertz CT molecular complexity index is 655. The molecule has 1 N–H and O–H groups in total. The molecule has 1 aliphatic rings. The number of fused-ring (bicyclic) bond motifs is 1. The van der Waals surface area contributed by atoms with Crippen LogP contribution >= 0.6 is 0 Å².